The molecule has 2 aromatic rings. The van der Waals surface area contributed by atoms with Crippen LogP contribution in [0.4, 0.5) is 5.69 Å². The number of benzene rings is 2. The van der Waals surface area contributed by atoms with Crippen LogP contribution in [0.15, 0.2) is 48.5 Å². The smallest absolute Gasteiger partial charge is 0.328 e. The van der Waals surface area contributed by atoms with Crippen molar-refractivity contribution in [2.24, 2.45) is 5.92 Å². The van der Waals surface area contributed by atoms with Crippen molar-refractivity contribution in [2.75, 3.05) is 26.0 Å². The van der Waals surface area contributed by atoms with Gasteiger partial charge in [-0.25, -0.2) is 4.79 Å². The zero-order chi connectivity index (χ0) is 22.2. The topological polar surface area (TPSA) is 58.6 Å². The Hall–Kier alpha value is -2.53. The number of esters is 1. The molecule has 1 saturated carbocycles. The second-order valence-corrected chi connectivity index (χ2v) is 8.47. The molecule has 2 aromatic carbocycles. The van der Waals surface area contributed by atoms with E-state index in [1.807, 2.05) is 42.5 Å². The second-order valence-electron chi connectivity index (χ2n) is 8.04. The first kappa shape index (κ1) is 23.1. The number of methoxy groups -OCH3 is 1. The summed E-state index contributed by atoms with van der Waals surface area (Å²) in [5.41, 5.74) is 2.37. The van der Waals surface area contributed by atoms with Crippen LogP contribution in [0.1, 0.15) is 48.0 Å². The Morgan fingerprint density at radius 2 is 1.77 bits per heavy atom. The average Bonchev–Trinajstić information content (AvgIpc) is 2.82. The lowest BCUT2D eigenvalue weighted by molar-refractivity contribution is -0.148. The molecule has 6 heteroatoms. The Labute approximate surface area is 189 Å². The fourth-order valence-electron chi connectivity index (χ4n) is 4.45. The van der Waals surface area contributed by atoms with Crippen molar-refractivity contribution in [3.63, 3.8) is 0 Å². The third-order valence-electron chi connectivity index (χ3n) is 6.12. The quantitative estimate of drug-likeness (QED) is 0.571. The molecule has 1 atom stereocenters. The summed E-state index contributed by atoms with van der Waals surface area (Å²) in [6.07, 6.45) is 5.81. The molecule has 0 aliphatic heterocycles. The number of nitrogens with one attached hydrogen (secondary N) is 1. The maximum atomic E-state index is 13.8. The first-order valence-electron chi connectivity index (χ1n) is 10.9. The summed E-state index contributed by atoms with van der Waals surface area (Å²) >= 11 is 6.02. The van der Waals surface area contributed by atoms with E-state index in [0.29, 0.717) is 23.6 Å². The zero-order valence-corrected chi connectivity index (χ0v) is 19.0. The minimum absolute atomic E-state index is 0.108. The van der Waals surface area contributed by atoms with Crippen LogP contribution in [0.2, 0.25) is 5.02 Å². The Morgan fingerprint density at radius 3 is 2.42 bits per heavy atom. The molecule has 3 rings (SSSR count). The van der Waals surface area contributed by atoms with E-state index in [2.05, 4.69) is 5.32 Å². The summed E-state index contributed by atoms with van der Waals surface area (Å²) in [6.45, 7) is 0.425. The number of carbonyl (C=O) groups is 2. The number of para-hydroxylation sites is 1. The maximum absolute atomic E-state index is 13.8. The van der Waals surface area contributed by atoms with Gasteiger partial charge in [0.2, 0.25) is 0 Å². The predicted molar refractivity (Wildman–Crippen MR) is 125 cm³/mol. The van der Waals surface area contributed by atoms with Crippen molar-refractivity contribution in [3.05, 3.63) is 64.7 Å². The summed E-state index contributed by atoms with van der Waals surface area (Å²) in [5.74, 6) is -0.379. The minimum Gasteiger partial charge on any atom is -0.467 e. The molecule has 1 amide bonds. The summed E-state index contributed by atoms with van der Waals surface area (Å²) in [4.78, 5) is 28.4. The van der Waals surface area contributed by atoms with Crippen molar-refractivity contribution in [3.8, 4) is 0 Å². The van der Waals surface area contributed by atoms with Crippen LogP contribution in [0.25, 0.3) is 0 Å². The molecule has 1 fully saturated rings. The monoisotopic (exact) mass is 442 g/mol. The Morgan fingerprint density at radius 1 is 1.10 bits per heavy atom. The third kappa shape index (κ3) is 5.79. The molecule has 31 heavy (non-hydrogen) atoms. The number of hydrogen-bond donors (Lipinski definition) is 1. The molecule has 1 N–H and O–H groups in total. The third-order valence-corrected chi connectivity index (χ3v) is 6.37. The van der Waals surface area contributed by atoms with Crippen LogP contribution < -0.4 is 5.32 Å². The molecule has 166 valence electrons. The lowest BCUT2D eigenvalue weighted by Crippen LogP contribution is -2.51. The van der Waals surface area contributed by atoms with Crippen LogP contribution in [-0.2, 0) is 16.0 Å². The van der Waals surface area contributed by atoms with Crippen LogP contribution in [0, 0.1) is 5.92 Å². The Balaban J connectivity index is 1.95. The van der Waals surface area contributed by atoms with Gasteiger partial charge in [0.05, 0.1) is 12.7 Å². The van der Waals surface area contributed by atoms with Crippen LogP contribution in [0.5, 0.6) is 0 Å². The normalized spacial score (nSPS) is 15.2. The molecule has 0 radical (unpaired) electrons. The fraction of sp³-hybridized carbons (Fsp3) is 0.440. The highest BCUT2D eigenvalue weighted by Crippen LogP contribution is 2.31. The van der Waals surface area contributed by atoms with Gasteiger partial charge in [-0.2, -0.15) is 0 Å². The van der Waals surface area contributed by atoms with Gasteiger partial charge >= 0.3 is 5.97 Å². The SMILES string of the molecule is CNc1ccccc1C(=O)N(CCc1ccc(Cl)cc1)C(C(=O)OC)C1CCCCC1. The number of halogens is 1. The van der Waals surface area contributed by atoms with Crippen molar-refractivity contribution >= 4 is 29.2 Å². The van der Waals surface area contributed by atoms with Gasteiger partial charge in [0.1, 0.15) is 6.04 Å². The molecule has 1 aliphatic rings. The number of hydrogen-bond acceptors (Lipinski definition) is 4. The highest BCUT2D eigenvalue weighted by molar-refractivity contribution is 6.30. The van der Waals surface area contributed by atoms with E-state index in [9.17, 15) is 9.59 Å². The van der Waals surface area contributed by atoms with E-state index in [1.54, 1.807) is 18.0 Å². The molecule has 1 aliphatic carbocycles. The number of anilines is 1. The van der Waals surface area contributed by atoms with E-state index in [4.69, 9.17) is 16.3 Å². The molecule has 0 spiro atoms. The molecule has 5 nitrogen and oxygen atoms in total. The molecule has 0 bridgehead atoms. The zero-order valence-electron chi connectivity index (χ0n) is 18.3. The van der Waals surface area contributed by atoms with Gasteiger partial charge in [-0.15, -0.1) is 0 Å². The molecule has 0 heterocycles. The average molecular weight is 443 g/mol. The summed E-state index contributed by atoms with van der Waals surface area (Å²) < 4.78 is 5.19. The van der Waals surface area contributed by atoms with Crippen LogP contribution in [-0.4, -0.2) is 43.5 Å². The molecule has 0 aromatic heterocycles. The Bertz CT molecular complexity index is 879. The highest BCUT2D eigenvalue weighted by Gasteiger charge is 2.38. The first-order valence-corrected chi connectivity index (χ1v) is 11.3. The Kier molecular flexibility index (Phi) is 8.35. The number of carbonyl (C=O) groups excluding carboxylic acids is 2. The van der Waals surface area contributed by atoms with Gasteiger partial charge in [0, 0.05) is 24.3 Å². The summed E-state index contributed by atoms with van der Waals surface area (Å²) in [6, 6.07) is 14.4. The predicted octanol–water partition coefficient (Wildman–Crippen LogP) is 5.19. The van der Waals surface area contributed by atoms with Crippen molar-refractivity contribution < 1.29 is 14.3 Å². The van der Waals surface area contributed by atoms with Gasteiger partial charge < -0.3 is 15.0 Å². The van der Waals surface area contributed by atoms with E-state index in [1.165, 1.54) is 13.5 Å². The van der Waals surface area contributed by atoms with Crippen LogP contribution >= 0.6 is 11.6 Å². The molecular formula is C25H31ClN2O3. The fourth-order valence-corrected chi connectivity index (χ4v) is 4.58. The van der Waals surface area contributed by atoms with Crippen LogP contribution in [0.3, 0.4) is 0 Å². The van der Waals surface area contributed by atoms with Gasteiger partial charge in [-0.05, 0) is 55.0 Å². The maximum Gasteiger partial charge on any atom is 0.328 e. The van der Waals surface area contributed by atoms with Gasteiger partial charge in [0.15, 0.2) is 0 Å². The van der Waals surface area contributed by atoms with E-state index in [-0.39, 0.29) is 17.8 Å². The lowest BCUT2D eigenvalue weighted by atomic mass is 9.82. The largest absolute Gasteiger partial charge is 0.467 e. The molecule has 0 saturated heterocycles. The van der Waals surface area contributed by atoms with Crippen molar-refractivity contribution in [1.29, 1.82) is 0 Å². The number of nitrogens with zero attached hydrogens (tertiary/aromatic N) is 1. The molecule has 1 unspecified atom stereocenters. The number of ether oxygens (including phenoxy) is 1. The molecular weight excluding hydrogens is 412 g/mol. The van der Waals surface area contributed by atoms with Gasteiger partial charge in [0.25, 0.3) is 5.91 Å². The lowest BCUT2D eigenvalue weighted by Gasteiger charge is -2.37. The summed E-state index contributed by atoms with van der Waals surface area (Å²) in [7, 11) is 3.20. The number of amides is 1. The van der Waals surface area contributed by atoms with Crippen molar-refractivity contribution in [1.82, 2.24) is 4.90 Å². The van der Waals surface area contributed by atoms with Crippen molar-refractivity contribution in [2.45, 2.75) is 44.6 Å². The van der Waals surface area contributed by atoms with E-state index >= 15 is 0 Å². The second kappa shape index (κ2) is 11.2. The standard InChI is InChI=1S/C25H31ClN2O3/c1-27-22-11-7-6-10-21(22)24(29)28(17-16-18-12-14-20(26)15-13-18)23(25(30)31-2)19-8-4-3-5-9-19/h6-7,10-15,19,23,27H,3-5,8-9,16-17H2,1-2H3. The first-order chi connectivity index (χ1) is 15.0. The number of rotatable bonds is 8. The van der Waals surface area contributed by atoms with E-state index in [0.717, 1.165) is 36.9 Å². The summed E-state index contributed by atoms with van der Waals surface area (Å²) in [5, 5.41) is 3.77. The van der Waals surface area contributed by atoms with Gasteiger partial charge in [-0.3, -0.25) is 4.79 Å². The van der Waals surface area contributed by atoms with E-state index < -0.39 is 6.04 Å². The highest BCUT2D eigenvalue weighted by atomic mass is 35.5. The minimum atomic E-state index is -0.588. The van der Waals surface area contributed by atoms with Gasteiger partial charge in [-0.1, -0.05) is 55.1 Å².